The molecule has 0 spiro atoms. The van der Waals surface area contributed by atoms with Crippen LogP contribution in [-0.4, -0.2) is 0 Å². The van der Waals surface area contributed by atoms with Gasteiger partial charge >= 0.3 is 0 Å². The van der Waals surface area contributed by atoms with Crippen LogP contribution in [0, 0.1) is 52.6 Å². The average Bonchev–Trinajstić information content (AvgIpc) is 2.71. The van der Waals surface area contributed by atoms with E-state index in [0.717, 1.165) is 42.1 Å². The van der Waals surface area contributed by atoms with Gasteiger partial charge in [-0.15, -0.1) is 0 Å². The van der Waals surface area contributed by atoms with Crippen molar-refractivity contribution in [3.05, 3.63) is 34.9 Å². The molecule has 0 radical (unpaired) electrons. The third kappa shape index (κ3) is 3.85. The summed E-state index contributed by atoms with van der Waals surface area (Å²) in [6.45, 7) is 2.29. The fourth-order valence-corrected chi connectivity index (χ4v) is 6.88. The zero-order valence-corrected chi connectivity index (χ0v) is 17.1. The summed E-state index contributed by atoms with van der Waals surface area (Å²) in [6.07, 6.45) is 14.4. The summed E-state index contributed by atoms with van der Waals surface area (Å²) in [5, 5.41) is 8.90. The SMILES string of the molecule is CCCC[C@@H]1CC[C@H]2[C@@H](CC[C@@H]3CC(c4cc(F)c(C#N)c(F)c4)CC[C@H]32)C1. The Bertz CT molecular complexity index is 714. The third-order valence-electron chi connectivity index (χ3n) is 8.26. The van der Waals surface area contributed by atoms with Gasteiger partial charge in [-0.1, -0.05) is 32.6 Å². The van der Waals surface area contributed by atoms with E-state index in [1.54, 1.807) is 6.07 Å². The van der Waals surface area contributed by atoms with E-state index in [0.29, 0.717) is 5.92 Å². The summed E-state index contributed by atoms with van der Waals surface area (Å²) >= 11 is 0. The second-order valence-corrected chi connectivity index (χ2v) is 9.73. The van der Waals surface area contributed by atoms with Crippen LogP contribution in [-0.2, 0) is 0 Å². The van der Waals surface area contributed by atoms with Crippen molar-refractivity contribution >= 4 is 0 Å². The number of unbranched alkanes of at least 4 members (excludes halogenated alkanes) is 1. The normalized spacial score (nSPS) is 34.9. The van der Waals surface area contributed by atoms with Crippen molar-refractivity contribution < 1.29 is 8.78 Å². The van der Waals surface area contributed by atoms with Gasteiger partial charge in [-0.2, -0.15) is 5.26 Å². The quantitative estimate of drug-likeness (QED) is 0.531. The zero-order valence-electron chi connectivity index (χ0n) is 17.1. The van der Waals surface area contributed by atoms with E-state index in [-0.39, 0.29) is 5.92 Å². The summed E-state index contributed by atoms with van der Waals surface area (Å²) in [5.41, 5.74) is 0.315. The molecule has 1 aromatic rings. The first kappa shape index (κ1) is 19.9. The first-order chi connectivity index (χ1) is 13.6. The molecule has 28 heavy (non-hydrogen) atoms. The van der Waals surface area contributed by atoms with Crippen LogP contribution in [0.2, 0.25) is 0 Å². The molecule has 4 rings (SSSR count). The predicted molar refractivity (Wildman–Crippen MR) is 108 cm³/mol. The van der Waals surface area contributed by atoms with Crippen LogP contribution < -0.4 is 0 Å². The van der Waals surface area contributed by atoms with Crippen molar-refractivity contribution in [1.29, 1.82) is 5.26 Å². The second kappa shape index (κ2) is 8.52. The minimum Gasteiger partial charge on any atom is -0.205 e. The lowest BCUT2D eigenvalue weighted by Gasteiger charge is -2.51. The fourth-order valence-electron chi connectivity index (χ4n) is 6.88. The van der Waals surface area contributed by atoms with E-state index in [1.807, 2.05) is 0 Å². The van der Waals surface area contributed by atoms with Gasteiger partial charge in [0.2, 0.25) is 0 Å². The molecule has 152 valence electrons. The molecule has 6 atom stereocenters. The number of hydrogen-bond acceptors (Lipinski definition) is 1. The number of nitrogens with zero attached hydrogens (tertiary/aromatic N) is 1. The highest BCUT2D eigenvalue weighted by Crippen LogP contribution is 2.55. The van der Waals surface area contributed by atoms with Crippen molar-refractivity contribution in [2.45, 2.75) is 83.5 Å². The topological polar surface area (TPSA) is 23.8 Å². The Labute approximate surface area is 168 Å². The van der Waals surface area contributed by atoms with E-state index in [4.69, 9.17) is 5.26 Å². The number of hydrogen-bond donors (Lipinski definition) is 0. The zero-order chi connectivity index (χ0) is 19.7. The molecule has 1 nitrogen and oxygen atoms in total. The number of nitriles is 1. The number of benzene rings is 1. The van der Waals surface area contributed by atoms with Gasteiger partial charge in [-0.3, -0.25) is 0 Å². The monoisotopic (exact) mass is 385 g/mol. The molecule has 0 heterocycles. The van der Waals surface area contributed by atoms with Gasteiger partial charge in [0.05, 0.1) is 0 Å². The highest BCUT2D eigenvalue weighted by Gasteiger charge is 2.44. The molecule has 3 aliphatic rings. The van der Waals surface area contributed by atoms with Gasteiger partial charge < -0.3 is 0 Å². The van der Waals surface area contributed by atoms with Crippen molar-refractivity contribution in [3.8, 4) is 6.07 Å². The predicted octanol–water partition coefficient (Wildman–Crippen LogP) is 7.35. The number of halogens is 2. The maximum Gasteiger partial charge on any atom is 0.144 e. The van der Waals surface area contributed by atoms with Crippen molar-refractivity contribution in [2.75, 3.05) is 0 Å². The fraction of sp³-hybridized carbons (Fsp3) is 0.720. The van der Waals surface area contributed by atoms with Gasteiger partial charge in [-0.05, 0) is 98.1 Å². The molecular formula is C25H33F2N. The van der Waals surface area contributed by atoms with Gasteiger partial charge in [0.15, 0.2) is 0 Å². The van der Waals surface area contributed by atoms with Crippen molar-refractivity contribution in [3.63, 3.8) is 0 Å². The maximum atomic E-state index is 14.1. The van der Waals surface area contributed by atoms with Gasteiger partial charge in [0, 0.05) is 0 Å². The molecular weight excluding hydrogens is 352 g/mol. The average molecular weight is 386 g/mol. The van der Waals surface area contributed by atoms with E-state index in [1.165, 1.54) is 69.9 Å². The summed E-state index contributed by atoms with van der Waals surface area (Å²) < 4.78 is 28.2. The summed E-state index contributed by atoms with van der Waals surface area (Å²) in [5.74, 6) is 3.17. The van der Waals surface area contributed by atoms with E-state index in [9.17, 15) is 8.78 Å². The highest BCUT2D eigenvalue weighted by atomic mass is 19.1. The lowest BCUT2D eigenvalue weighted by atomic mass is 9.54. The lowest BCUT2D eigenvalue weighted by Crippen LogP contribution is -2.41. The van der Waals surface area contributed by atoms with E-state index >= 15 is 0 Å². The van der Waals surface area contributed by atoms with Crippen LogP contribution in [0.5, 0.6) is 0 Å². The molecule has 1 unspecified atom stereocenters. The maximum absolute atomic E-state index is 14.1. The molecule has 3 heteroatoms. The van der Waals surface area contributed by atoms with Crippen molar-refractivity contribution in [1.82, 2.24) is 0 Å². The Morgan fingerprint density at radius 3 is 2.21 bits per heavy atom. The molecule has 3 aliphatic carbocycles. The Hall–Kier alpha value is -1.43. The first-order valence-corrected chi connectivity index (χ1v) is 11.5. The van der Waals surface area contributed by atoms with Crippen LogP contribution in [0.4, 0.5) is 8.78 Å². The standard InChI is InChI=1S/C25H33F2N/c1-2-3-4-16-5-9-21-18(11-16)6-7-19-12-17(8-10-22(19)21)20-13-24(26)23(15-28)25(27)14-20/h13-14,16-19,21-22H,2-12H2,1H3/t16-,17?,18+,19-,21+,22-/m1/s1. The third-order valence-corrected chi connectivity index (χ3v) is 8.26. The minimum atomic E-state index is -0.700. The van der Waals surface area contributed by atoms with E-state index in [2.05, 4.69) is 6.92 Å². The molecule has 3 saturated carbocycles. The van der Waals surface area contributed by atoms with Crippen LogP contribution in [0.25, 0.3) is 0 Å². The molecule has 0 amide bonds. The molecule has 0 bridgehead atoms. The molecule has 0 aromatic heterocycles. The van der Waals surface area contributed by atoms with Gasteiger partial charge in [0.25, 0.3) is 0 Å². The molecule has 3 fully saturated rings. The summed E-state index contributed by atoms with van der Waals surface area (Å²) in [6, 6.07) is 4.46. The van der Waals surface area contributed by atoms with Crippen molar-refractivity contribution in [2.24, 2.45) is 29.6 Å². The number of fused-ring (bicyclic) bond motifs is 3. The smallest absolute Gasteiger partial charge is 0.144 e. The number of rotatable bonds is 4. The lowest BCUT2D eigenvalue weighted by molar-refractivity contribution is 0.00520. The Morgan fingerprint density at radius 2 is 1.57 bits per heavy atom. The highest BCUT2D eigenvalue weighted by molar-refractivity contribution is 5.36. The second-order valence-electron chi connectivity index (χ2n) is 9.73. The molecule has 0 N–H and O–H groups in total. The molecule has 0 aliphatic heterocycles. The Morgan fingerprint density at radius 1 is 0.929 bits per heavy atom. The van der Waals surface area contributed by atoms with E-state index < -0.39 is 17.2 Å². The molecule has 1 aromatic carbocycles. The van der Waals surface area contributed by atoms with Crippen LogP contribution >= 0.6 is 0 Å². The summed E-state index contributed by atoms with van der Waals surface area (Å²) in [4.78, 5) is 0. The largest absolute Gasteiger partial charge is 0.205 e. The summed E-state index contributed by atoms with van der Waals surface area (Å²) in [7, 11) is 0. The Balaban J connectivity index is 1.41. The van der Waals surface area contributed by atoms with Crippen LogP contribution in [0.3, 0.4) is 0 Å². The Kier molecular flexibility index (Phi) is 6.04. The first-order valence-electron chi connectivity index (χ1n) is 11.5. The van der Waals surface area contributed by atoms with Crippen LogP contribution in [0.1, 0.15) is 94.6 Å². The minimum absolute atomic E-state index is 0.246. The van der Waals surface area contributed by atoms with Gasteiger partial charge in [0.1, 0.15) is 23.3 Å². The van der Waals surface area contributed by atoms with Crippen LogP contribution in [0.15, 0.2) is 12.1 Å². The van der Waals surface area contributed by atoms with Gasteiger partial charge in [-0.25, -0.2) is 8.78 Å². The molecule has 0 saturated heterocycles.